The summed E-state index contributed by atoms with van der Waals surface area (Å²) >= 11 is 5.97. The number of nitrogens with one attached hydrogen (secondary N) is 2. The normalized spacial score (nSPS) is 11.5. The van der Waals surface area contributed by atoms with Crippen molar-refractivity contribution >= 4 is 29.2 Å². The van der Waals surface area contributed by atoms with Crippen molar-refractivity contribution in [2.45, 2.75) is 6.54 Å². The molecule has 0 saturated carbocycles. The third-order valence-corrected chi connectivity index (χ3v) is 4.01. The number of esters is 1. The van der Waals surface area contributed by atoms with E-state index in [0.717, 1.165) is 10.5 Å². The van der Waals surface area contributed by atoms with Gasteiger partial charge in [-0.25, -0.2) is 4.79 Å². The van der Waals surface area contributed by atoms with Gasteiger partial charge in [0.1, 0.15) is 12.3 Å². The maximum atomic E-state index is 12.3. The Kier molecular flexibility index (Phi) is 7.00. The standard InChI is InChI=1S/C19H21ClN2O4/c1-22(11-13-4-6-14(7-5-13)19(24)26-3)12-18(23)21-16-10-15(20)8-9-17(16)25-2/h4-10H,11-12H2,1-3H3,(H,21,23)/p+1. The van der Waals surface area contributed by atoms with Crippen molar-refractivity contribution in [3.63, 3.8) is 0 Å². The van der Waals surface area contributed by atoms with Gasteiger partial charge in [-0.05, 0) is 30.3 Å². The molecule has 0 saturated heterocycles. The van der Waals surface area contributed by atoms with Crippen LogP contribution >= 0.6 is 11.6 Å². The van der Waals surface area contributed by atoms with Crippen LogP contribution in [0.2, 0.25) is 5.02 Å². The zero-order valence-electron chi connectivity index (χ0n) is 15.0. The molecule has 0 aromatic heterocycles. The Balaban J connectivity index is 1.93. The minimum absolute atomic E-state index is 0.144. The quantitative estimate of drug-likeness (QED) is 0.722. The zero-order chi connectivity index (χ0) is 19.1. The topological polar surface area (TPSA) is 69.1 Å². The van der Waals surface area contributed by atoms with Gasteiger partial charge in [0, 0.05) is 10.6 Å². The van der Waals surface area contributed by atoms with E-state index in [1.807, 2.05) is 19.2 Å². The monoisotopic (exact) mass is 377 g/mol. The van der Waals surface area contributed by atoms with Crippen molar-refractivity contribution in [1.82, 2.24) is 0 Å². The van der Waals surface area contributed by atoms with Gasteiger partial charge in [0.25, 0.3) is 5.91 Å². The Morgan fingerprint density at radius 2 is 1.81 bits per heavy atom. The molecule has 0 radical (unpaired) electrons. The highest BCUT2D eigenvalue weighted by molar-refractivity contribution is 6.31. The second-order valence-corrected chi connectivity index (χ2v) is 6.33. The van der Waals surface area contributed by atoms with Crippen LogP contribution in [0.1, 0.15) is 15.9 Å². The van der Waals surface area contributed by atoms with Crippen LogP contribution in [0.3, 0.4) is 0 Å². The van der Waals surface area contributed by atoms with Crippen molar-refractivity contribution in [3.8, 4) is 5.75 Å². The lowest BCUT2D eigenvalue weighted by molar-refractivity contribution is -0.885. The number of methoxy groups -OCH3 is 2. The van der Waals surface area contributed by atoms with Crippen molar-refractivity contribution in [1.29, 1.82) is 0 Å². The van der Waals surface area contributed by atoms with Crippen molar-refractivity contribution in [2.75, 3.05) is 33.1 Å². The number of ether oxygens (including phenoxy) is 2. The van der Waals surface area contributed by atoms with Gasteiger partial charge in [-0.2, -0.15) is 0 Å². The number of carbonyl (C=O) groups is 2. The molecular weight excluding hydrogens is 356 g/mol. The van der Waals surface area contributed by atoms with Crippen LogP contribution < -0.4 is 15.0 Å². The van der Waals surface area contributed by atoms with Gasteiger partial charge in [0.05, 0.1) is 32.5 Å². The first kappa shape index (κ1) is 19.8. The van der Waals surface area contributed by atoms with Crippen molar-refractivity contribution < 1.29 is 24.0 Å². The average molecular weight is 378 g/mol. The smallest absolute Gasteiger partial charge is 0.337 e. The number of amides is 1. The minimum Gasteiger partial charge on any atom is -0.495 e. The van der Waals surface area contributed by atoms with Crippen LogP contribution in [0, 0.1) is 0 Å². The Morgan fingerprint density at radius 3 is 2.42 bits per heavy atom. The van der Waals surface area contributed by atoms with Crippen molar-refractivity contribution in [2.24, 2.45) is 0 Å². The highest BCUT2D eigenvalue weighted by atomic mass is 35.5. The molecule has 7 heteroatoms. The number of hydrogen-bond donors (Lipinski definition) is 2. The largest absolute Gasteiger partial charge is 0.495 e. The molecule has 1 amide bonds. The Bertz CT molecular complexity index is 778. The van der Waals surface area contributed by atoms with Gasteiger partial charge in [-0.15, -0.1) is 0 Å². The van der Waals surface area contributed by atoms with E-state index in [-0.39, 0.29) is 18.4 Å². The lowest BCUT2D eigenvalue weighted by atomic mass is 10.1. The summed E-state index contributed by atoms with van der Waals surface area (Å²) in [7, 11) is 4.80. The van der Waals surface area contributed by atoms with E-state index < -0.39 is 0 Å². The molecule has 0 bridgehead atoms. The number of rotatable bonds is 7. The highest BCUT2D eigenvalue weighted by Crippen LogP contribution is 2.27. The molecule has 0 aliphatic carbocycles. The van der Waals surface area contributed by atoms with E-state index in [0.29, 0.717) is 28.6 Å². The Labute approximate surface area is 157 Å². The summed E-state index contributed by atoms with van der Waals surface area (Å²) in [5.74, 6) is 0.0418. The van der Waals surface area contributed by atoms with Gasteiger partial charge < -0.3 is 19.7 Å². The molecule has 0 aliphatic rings. The molecule has 0 spiro atoms. The first-order valence-electron chi connectivity index (χ1n) is 8.05. The molecule has 0 aliphatic heterocycles. The molecule has 6 nitrogen and oxygen atoms in total. The molecule has 0 fully saturated rings. The summed E-state index contributed by atoms with van der Waals surface area (Å²) in [6.45, 7) is 0.913. The number of anilines is 1. The summed E-state index contributed by atoms with van der Waals surface area (Å²) in [4.78, 5) is 24.7. The second-order valence-electron chi connectivity index (χ2n) is 5.89. The summed E-state index contributed by atoms with van der Waals surface area (Å²) in [6.07, 6.45) is 0. The predicted molar refractivity (Wildman–Crippen MR) is 99.9 cm³/mol. The van der Waals surface area contributed by atoms with Crippen LogP contribution in [-0.4, -0.2) is 39.7 Å². The van der Waals surface area contributed by atoms with Crippen molar-refractivity contribution in [3.05, 3.63) is 58.6 Å². The number of halogens is 1. The van der Waals surface area contributed by atoms with E-state index in [9.17, 15) is 9.59 Å². The fraction of sp³-hybridized carbons (Fsp3) is 0.263. The molecule has 1 unspecified atom stereocenters. The molecule has 2 aromatic rings. The van der Waals surface area contributed by atoms with Gasteiger partial charge in [0.15, 0.2) is 6.54 Å². The van der Waals surface area contributed by atoms with Crippen LogP contribution in [0.15, 0.2) is 42.5 Å². The van der Waals surface area contributed by atoms with Crippen LogP contribution in [0.25, 0.3) is 0 Å². The maximum absolute atomic E-state index is 12.3. The summed E-state index contributed by atoms with van der Waals surface area (Å²) < 4.78 is 9.90. The lowest BCUT2D eigenvalue weighted by Gasteiger charge is -2.15. The highest BCUT2D eigenvalue weighted by Gasteiger charge is 2.14. The van der Waals surface area contributed by atoms with Crippen LogP contribution in [0.4, 0.5) is 5.69 Å². The third kappa shape index (κ3) is 5.47. The average Bonchev–Trinajstić information content (AvgIpc) is 2.61. The number of hydrogen-bond acceptors (Lipinski definition) is 4. The van der Waals surface area contributed by atoms with E-state index >= 15 is 0 Å². The fourth-order valence-electron chi connectivity index (χ4n) is 2.53. The van der Waals surface area contributed by atoms with E-state index in [2.05, 4.69) is 10.1 Å². The van der Waals surface area contributed by atoms with E-state index in [1.165, 1.54) is 14.2 Å². The number of likely N-dealkylation sites (N-methyl/N-ethyl adjacent to an activating group) is 1. The van der Waals surface area contributed by atoms with Crippen LogP contribution in [-0.2, 0) is 16.1 Å². The molecule has 2 rings (SSSR count). The van der Waals surface area contributed by atoms with E-state index in [4.69, 9.17) is 16.3 Å². The number of quaternary nitrogens is 1. The molecule has 138 valence electrons. The molecule has 2 aromatic carbocycles. The number of benzene rings is 2. The molecule has 0 heterocycles. The molecular formula is C19H22ClN2O4+. The summed E-state index contributed by atoms with van der Waals surface area (Å²) in [5, 5.41) is 3.34. The van der Waals surface area contributed by atoms with Gasteiger partial charge in [-0.1, -0.05) is 23.7 Å². The number of carbonyl (C=O) groups excluding carboxylic acids is 2. The first-order chi connectivity index (χ1) is 12.4. The second kappa shape index (κ2) is 9.22. The fourth-order valence-corrected chi connectivity index (χ4v) is 2.71. The van der Waals surface area contributed by atoms with Crippen LogP contribution in [0.5, 0.6) is 5.75 Å². The SMILES string of the molecule is COC(=O)c1ccc(C[NH+](C)CC(=O)Nc2cc(Cl)ccc2OC)cc1. The predicted octanol–water partition coefficient (Wildman–Crippen LogP) is 1.79. The molecule has 26 heavy (non-hydrogen) atoms. The zero-order valence-corrected chi connectivity index (χ0v) is 15.7. The van der Waals surface area contributed by atoms with Gasteiger partial charge >= 0.3 is 5.97 Å². The Morgan fingerprint density at radius 1 is 1.12 bits per heavy atom. The summed E-state index contributed by atoms with van der Waals surface area (Å²) in [5.41, 5.74) is 2.06. The lowest BCUT2D eigenvalue weighted by Crippen LogP contribution is -3.08. The van der Waals surface area contributed by atoms with E-state index in [1.54, 1.807) is 30.3 Å². The third-order valence-electron chi connectivity index (χ3n) is 3.78. The molecule has 1 atom stereocenters. The van der Waals surface area contributed by atoms with Gasteiger partial charge in [0.2, 0.25) is 0 Å². The first-order valence-corrected chi connectivity index (χ1v) is 8.42. The van der Waals surface area contributed by atoms with Gasteiger partial charge in [-0.3, -0.25) is 4.79 Å². The molecule has 2 N–H and O–H groups in total. The summed E-state index contributed by atoms with van der Waals surface area (Å²) in [6, 6.07) is 12.2. The minimum atomic E-state index is -0.368. The maximum Gasteiger partial charge on any atom is 0.337 e. The Hall–Kier alpha value is -2.57.